The molecule has 0 bridgehead atoms. The SMILES string of the molecule is C[C@H](c1ccccc1)N1C(=O)[C@@H]2[C@@H](C1=O)[C@@H]1c3ccccc3C=CN1[C@@H]2C(=O)c1ccccc1. The second-order valence-corrected chi connectivity index (χ2v) is 9.20. The summed E-state index contributed by atoms with van der Waals surface area (Å²) in [6.45, 7) is 1.88. The summed E-state index contributed by atoms with van der Waals surface area (Å²) in [4.78, 5) is 45.0. The lowest BCUT2D eigenvalue weighted by Crippen LogP contribution is -2.44. The molecule has 5 heteroatoms. The van der Waals surface area contributed by atoms with Crippen molar-refractivity contribution in [2.45, 2.75) is 25.0 Å². The molecule has 3 heterocycles. The van der Waals surface area contributed by atoms with E-state index in [1.165, 1.54) is 4.90 Å². The van der Waals surface area contributed by atoms with Crippen molar-refractivity contribution in [2.75, 3.05) is 0 Å². The van der Waals surface area contributed by atoms with Gasteiger partial charge < -0.3 is 4.90 Å². The maximum atomic E-state index is 13.9. The van der Waals surface area contributed by atoms with Gasteiger partial charge in [-0.15, -0.1) is 0 Å². The zero-order valence-corrected chi connectivity index (χ0v) is 18.7. The van der Waals surface area contributed by atoms with Crippen LogP contribution in [0.4, 0.5) is 0 Å². The number of amides is 2. The van der Waals surface area contributed by atoms with Crippen molar-refractivity contribution >= 4 is 23.7 Å². The molecule has 2 saturated heterocycles. The number of likely N-dealkylation sites (tertiary alicyclic amines) is 1. The van der Waals surface area contributed by atoms with Gasteiger partial charge in [-0.1, -0.05) is 84.9 Å². The zero-order valence-electron chi connectivity index (χ0n) is 18.7. The molecular weight excluding hydrogens is 424 g/mol. The molecule has 3 aliphatic heterocycles. The molecule has 34 heavy (non-hydrogen) atoms. The Bertz CT molecular complexity index is 1320. The zero-order chi connectivity index (χ0) is 23.4. The Morgan fingerprint density at radius 2 is 1.41 bits per heavy atom. The highest BCUT2D eigenvalue weighted by atomic mass is 16.2. The van der Waals surface area contributed by atoms with Gasteiger partial charge >= 0.3 is 0 Å². The van der Waals surface area contributed by atoms with Gasteiger partial charge in [0.25, 0.3) is 0 Å². The van der Waals surface area contributed by atoms with E-state index in [4.69, 9.17) is 0 Å². The largest absolute Gasteiger partial charge is 0.358 e. The molecule has 6 rings (SSSR count). The number of rotatable bonds is 4. The molecule has 5 atom stereocenters. The van der Waals surface area contributed by atoms with E-state index >= 15 is 0 Å². The Kier molecular flexibility index (Phi) is 4.73. The maximum absolute atomic E-state index is 13.9. The van der Waals surface area contributed by atoms with Crippen LogP contribution in [0.2, 0.25) is 0 Å². The highest BCUT2D eigenvalue weighted by Crippen LogP contribution is 2.54. The van der Waals surface area contributed by atoms with Gasteiger partial charge in [-0.25, -0.2) is 0 Å². The van der Waals surface area contributed by atoms with E-state index in [1.54, 1.807) is 12.1 Å². The number of hydrogen-bond donors (Lipinski definition) is 0. The van der Waals surface area contributed by atoms with E-state index in [-0.39, 0.29) is 23.6 Å². The molecule has 3 aromatic rings. The number of carbonyl (C=O) groups excluding carboxylic acids is 3. The quantitative estimate of drug-likeness (QED) is 0.431. The molecule has 2 amide bonds. The van der Waals surface area contributed by atoms with Crippen molar-refractivity contribution in [2.24, 2.45) is 11.8 Å². The minimum Gasteiger partial charge on any atom is -0.358 e. The van der Waals surface area contributed by atoms with E-state index in [0.29, 0.717) is 5.56 Å². The van der Waals surface area contributed by atoms with Crippen LogP contribution in [-0.2, 0) is 9.59 Å². The first-order valence-electron chi connectivity index (χ1n) is 11.6. The van der Waals surface area contributed by atoms with Crippen LogP contribution in [0.3, 0.4) is 0 Å². The summed E-state index contributed by atoms with van der Waals surface area (Å²) in [5, 5.41) is 0. The Balaban J connectivity index is 1.48. The number of fused-ring (bicyclic) bond motifs is 5. The van der Waals surface area contributed by atoms with E-state index in [9.17, 15) is 14.4 Å². The van der Waals surface area contributed by atoms with Crippen LogP contribution in [-0.4, -0.2) is 33.4 Å². The Morgan fingerprint density at radius 3 is 2.15 bits per heavy atom. The van der Waals surface area contributed by atoms with Crippen molar-refractivity contribution in [1.29, 1.82) is 0 Å². The Morgan fingerprint density at radius 1 is 0.794 bits per heavy atom. The molecule has 0 aliphatic carbocycles. The van der Waals surface area contributed by atoms with Crippen LogP contribution in [0.1, 0.15) is 46.1 Å². The average Bonchev–Trinajstić information content (AvgIpc) is 3.36. The third-order valence-corrected chi connectivity index (χ3v) is 7.49. The van der Waals surface area contributed by atoms with E-state index in [0.717, 1.165) is 16.7 Å². The van der Waals surface area contributed by atoms with Gasteiger partial charge in [0, 0.05) is 11.8 Å². The third kappa shape index (κ3) is 2.90. The Hall–Kier alpha value is -3.99. The van der Waals surface area contributed by atoms with Crippen LogP contribution in [0.25, 0.3) is 6.08 Å². The maximum Gasteiger partial charge on any atom is 0.236 e. The second-order valence-electron chi connectivity index (χ2n) is 9.20. The van der Waals surface area contributed by atoms with Crippen molar-refractivity contribution in [1.82, 2.24) is 9.80 Å². The van der Waals surface area contributed by atoms with Crippen LogP contribution in [0, 0.1) is 11.8 Å². The first kappa shape index (κ1) is 20.6. The molecule has 2 fully saturated rings. The summed E-state index contributed by atoms with van der Waals surface area (Å²) in [5.41, 5.74) is 3.45. The summed E-state index contributed by atoms with van der Waals surface area (Å²) in [6.07, 6.45) is 3.86. The number of Topliss-reactive ketones (excluding diaryl/α,β-unsaturated/α-hetero) is 1. The van der Waals surface area contributed by atoms with Crippen molar-refractivity contribution in [3.05, 3.63) is 113 Å². The fraction of sp³-hybridized carbons (Fsp3) is 0.207. The van der Waals surface area contributed by atoms with Gasteiger partial charge in [0.2, 0.25) is 11.8 Å². The van der Waals surface area contributed by atoms with E-state index in [2.05, 4.69) is 0 Å². The van der Waals surface area contributed by atoms with Crippen molar-refractivity contribution in [3.63, 3.8) is 0 Å². The molecule has 0 unspecified atom stereocenters. The molecule has 0 spiro atoms. The molecule has 3 aliphatic rings. The predicted molar refractivity (Wildman–Crippen MR) is 128 cm³/mol. The first-order valence-corrected chi connectivity index (χ1v) is 11.6. The van der Waals surface area contributed by atoms with E-state index in [1.807, 2.05) is 96.9 Å². The van der Waals surface area contributed by atoms with Crippen LogP contribution < -0.4 is 0 Å². The fourth-order valence-corrected chi connectivity index (χ4v) is 5.92. The van der Waals surface area contributed by atoms with Gasteiger partial charge in [0.15, 0.2) is 5.78 Å². The van der Waals surface area contributed by atoms with Crippen LogP contribution in [0.15, 0.2) is 91.1 Å². The third-order valence-electron chi connectivity index (χ3n) is 7.49. The van der Waals surface area contributed by atoms with Gasteiger partial charge in [-0.2, -0.15) is 0 Å². The summed E-state index contributed by atoms with van der Waals surface area (Å²) in [7, 11) is 0. The van der Waals surface area contributed by atoms with Crippen molar-refractivity contribution < 1.29 is 14.4 Å². The monoisotopic (exact) mass is 448 g/mol. The molecule has 0 saturated carbocycles. The minimum atomic E-state index is -0.730. The lowest BCUT2D eigenvalue weighted by atomic mass is 9.83. The Labute approximate surface area is 198 Å². The summed E-state index contributed by atoms with van der Waals surface area (Å²) >= 11 is 0. The van der Waals surface area contributed by atoms with Crippen LogP contribution >= 0.6 is 0 Å². The number of imide groups is 1. The average molecular weight is 449 g/mol. The number of benzene rings is 3. The van der Waals surface area contributed by atoms with Gasteiger partial charge in [0.1, 0.15) is 6.04 Å². The van der Waals surface area contributed by atoms with E-state index < -0.39 is 23.9 Å². The molecule has 168 valence electrons. The highest BCUT2D eigenvalue weighted by molar-refractivity contribution is 6.12. The number of hydrogen-bond acceptors (Lipinski definition) is 4. The fourth-order valence-electron chi connectivity index (χ4n) is 5.92. The van der Waals surface area contributed by atoms with Gasteiger partial charge in [0.05, 0.1) is 23.9 Å². The minimum absolute atomic E-state index is 0.127. The lowest BCUT2D eigenvalue weighted by molar-refractivity contribution is -0.143. The predicted octanol–water partition coefficient (Wildman–Crippen LogP) is 4.64. The normalized spacial score (nSPS) is 25.7. The molecule has 0 N–H and O–H groups in total. The first-order chi connectivity index (χ1) is 16.6. The van der Waals surface area contributed by atoms with Crippen LogP contribution in [0.5, 0.6) is 0 Å². The van der Waals surface area contributed by atoms with Gasteiger partial charge in [-0.3, -0.25) is 19.3 Å². The van der Waals surface area contributed by atoms with Gasteiger partial charge in [-0.05, 0) is 29.7 Å². The topological polar surface area (TPSA) is 57.7 Å². The van der Waals surface area contributed by atoms with Crippen molar-refractivity contribution in [3.8, 4) is 0 Å². The summed E-state index contributed by atoms with van der Waals surface area (Å²) in [5.74, 6) is -1.93. The lowest BCUT2D eigenvalue weighted by Gasteiger charge is -2.36. The molecular formula is C29H24N2O3. The molecule has 0 radical (unpaired) electrons. The molecule has 3 aromatic carbocycles. The molecule has 5 nitrogen and oxygen atoms in total. The molecule has 0 aromatic heterocycles. The smallest absolute Gasteiger partial charge is 0.236 e. The number of ketones is 1. The number of nitrogens with zero attached hydrogens (tertiary/aromatic N) is 2. The summed E-state index contributed by atoms with van der Waals surface area (Å²) < 4.78 is 0. The standard InChI is InChI=1S/C29H24N2O3/c1-18(19-10-4-2-5-11-19)31-28(33)23-24(29(31)34)26(27(32)21-13-6-3-7-14-21)30-17-16-20-12-8-9-15-22(20)25(23)30/h2-18,23-26H,1H3/t18-,23-,24-,25+,26+/m1/s1. The summed E-state index contributed by atoms with van der Waals surface area (Å²) in [6, 6.07) is 25.1. The second kappa shape index (κ2) is 7.80. The highest BCUT2D eigenvalue weighted by Gasteiger charge is 2.64. The number of carbonyl (C=O) groups is 3.